The molecule has 1 aliphatic rings. The van der Waals surface area contributed by atoms with E-state index in [1.807, 2.05) is 30.3 Å². The van der Waals surface area contributed by atoms with Crippen molar-refractivity contribution < 1.29 is 14.5 Å². The number of carbonyl (C=O) groups excluding carboxylic acids is 2. The van der Waals surface area contributed by atoms with Gasteiger partial charge in [0.2, 0.25) is 0 Å². The van der Waals surface area contributed by atoms with E-state index in [0.29, 0.717) is 28.3 Å². The minimum atomic E-state index is -0.481. The smallest absolute Gasteiger partial charge is 0.269 e. The minimum absolute atomic E-state index is 0.0500. The van der Waals surface area contributed by atoms with Gasteiger partial charge in [-0.15, -0.1) is 11.8 Å². The van der Waals surface area contributed by atoms with Crippen LogP contribution in [0.2, 0.25) is 0 Å². The lowest BCUT2D eigenvalue weighted by molar-refractivity contribution is -0.384. The Kier molecular flexibility index (Phi) is 7.41. The van der Waals surface area contributed by atoms with Gasteiger partial charge < -0.3 is 0 Å². The van der Waals surface area contributed by atoms with Crippen molar-refractivity contribution in [2.45, 2.75) is 38.4 Å². The summed E-state index contributed by atoms with van der Waals surface area (Å²) in [7, 11) is 0. The van der Waals surface area contributed by atoms with E-state index < -0.39 is 4.92 Å². The number of benzene rings is 2. The molecular weight excluding hydrogens is 400 g/mol. The van der Waals surface area contributed by atoms with Crippen LogP contribution in [0.25, 0.3) is 5.57 Å². The van der Waals surface area contributed by atoms with Crippen LogP contribution in [0.15, 0.2) is 59.5 Å². The quantitative estimate of drug-likeness (QED) is 0.227. The van der Waals surface area contributed by atoms with E-state index in [2.05, 4.69) is 6.92 Å². The number of nitrogens with zero attached hydrogens (tertiary/aromatic N) is 2. The summed E-state index contributed by atoms with van der Waals surface area (Å²) in [6.45, 7) is 2.50. The molecule has 0 aliphatic carbocycles. The Bertz CT molecular complexity index is 955. The molecular formula is C23H24N2O4S. The Hall–Kier alpha value is -2.93. The first-order valence-electron chi connectivity index (χ1n) is 10.0. The van der Waals surface area contributed by atoms with Gasteiger partial charge in [0.1, 0.15) is 0 Å². The molecule has 3 rings (SSSR count). The average molecular weight is 425 g/mol. The SMILES string of the molecule is CCCCCCN1C(=O)C(SCc2ccccc2)=C(c2ccc([N+](=O)[O-])cc2)C1=O. The van der Waals surface area contributed by atoms with Crippen LogP contribution in [0.5, 0.6) is 0 Å². The highest BCUT2D eigenvalue weighted by molar-refractivity contribution is 8.03. The van der Waals surface area contributed by atoms with Crippen LogP contribution >= 0.6 is 11.8 Å². The third kappa shape index (κ3) is 4.97. The van der Waals surface area contributed by atoms with Crippen LogP contribution in [-0.2, 0) is 15.3 Å². The fourth-order valence-electron chi connectivity index (χ4n) is 3.32. The Balaban J connectivity index is 1.88. The monoisotopic (exact) mass is 424 g/mol. The van der Waals surface area contributed by atoms with Gasteiger partial charge in [-0.05, 0) is 29.7 Å². The molecule has 2 amide bonds. The number of carbonyl (C=O) groups is 2. The van der Waals surface area contributed by atoms with E-state index in [1.54, 1.807) is 12.1 Å². The zero-order chi connectivity index (χ0) is 21.5. The lowest BCUT2D eigenvalue weighted by Crippen LogP contribution is -2.32. The maximum absolute atomic E-state index is 13.1. The van der Waals surface area contributed by atoms with Crippen molar-refractivity contribution in [3.8, 4) is 0 Å². The van der Waals surface area contributed by atoms with E-state index in [4.69, 9.17) is 0 Å². The second-order valence-corrected chi connectivity index (χ2v) is 8.09. The molecule has 0 unspecified atom stereocenters. The third-order valence-electron chi connectivity index (χ3n) is 4.95. The van der Waals surface area contributed by atoms with E-state index >= 15 is 0 Å². The number of nitro groups is 1. The second kappa shape index (κ2) is 10.2. The van der Waals surface area contributed by atoms with Gasteiger partial charge in [-0.3, -0.25) is 24.6 Å². The molecule has 7 heteroatoms. The number of amides is 2. The molecule has 1 aliphatic heterocycles. The predicted molar refractivity (Wildman–Crippen MR) is 119 cm³/mol. The fraction of sp³-hybridized carbons (Fsp3) is 0.304. The first kappa shape index (κ1) is 21.8. The van der Waals surface area contributed by atoms with Crippen molar-refractivity contribution in [3.05, 3.63) is 80.7 Å². The van der Waals surface area contributed by atoms with Crippen LogP contribution in [0.1, 0.15) is 43.7 Å². The highest BCUT2D eigenvalue weighted by atomic mass is 32.2. The molecule has 0 N–H and O–H groups in total. The molecule has 0 aromatic heterocycles. The molecule has 0 atom stereocenters. The topological polar surface area (TPSA) is 80.5 Å². The van der Waals surface area contributed by atoms with Crippen LogP contribution in [0, 0.1) is 10.1 Å². The van der Waals surface area contributed by atoms with E-state index in [0.717, 1.165) is 31.2 Å². The first-order valence-corrected chi connectivity index (χ1v) is 11.0. The molecule has 0 fully saturated rings. The van der Waals surface area contributed by atoms with Gasteiger partial charge in [0, 0.05) is 24.4 Å². The maximum Gasteiger partial charge on any atom is 0.269 e. The number of hydrogen-bond acceptors (Lipinski definition) is 5. The lowest BCUT2D eigenvalue weighted by atomic mass is 10.1. The lowest BCUT2D eigenvalue weighted by Gasteiger charge is -2.14. The zero-order valence-corrected chi connectivity index (χ0v) is 17.7. The zero-order valence-electron chi connectivity index (χ0n) is 16.9. The van der Waals surface area contributed by atoms with Gasteiger partial charge in [-0.2, -0.15) is 0 Å². The number of unbranched alkanes of at least 4 members (excludes halogenated alkanes) is 3. The Morgan fingerprint density at radius 1 is 0.933 bits per heavy atom. The molecule has 0 radical (unpaired) electrons. The Morgan fingerprint density at radius 3 is 2.27 bits per heavy atom. The van der Waals surface area contributed by atoms with Crippen LogP contribution in [0.4, 0.5) is 5.69 Å². The highest BCUT2D eigenvalue weighted by Crippen LogP contribution is 2.38. The molecule has 1 heterocycles. The molecule has 2 aromatic rings. The first-order chi connectivity index (χ1) is 14.5. The largest absolute Gasteiger partial charge is 0.274 e. The van der Waals surface area contributed by atoms with Gasteiger partial charge in [-0.25, -0.2) is 0 Å². The Morgan fingerprint density at radius 2 is 1.63 bits per heavy atom. The summed E-state index contributed by atoms with van der Waals surface area (Å²) in [5, 5.41) is 11.0. The normalized spacial score (nSPS) is 14.0. The summed E-state index contributed by atoms with van der Waals surface area (Å²) in [6.07, 6.45) is 3.88. The maximum atomic E-state index is 13.1. The van der Waals surface area contributed by atoms with E-state index in [1.165, 1.54) is 28.8 Å². The van der Waals surface area contributed by atoms with Crippen molar-refractivity contribution in [1.82, 2.24) is 4.90 Å². The minimum Gasteiger partial charge on any atom is -0.274 e. The summed E-state index contributed by atoms with van der Waals surface area (Å²) in [5.41, 5.74) is 1.88. The van der Waals surface area contributed by atoms with E-state index in [-0.39, 0.29) is 17.5 Å². The van der Waals surface area contributed by atoms with E-state index in [9.17, 15) is 19.7 Å². The molecule has 156 valence electrons. The molecule has 0 bridgehead atoms. The standard InChI is InChI=1S/C23H24N2O4S/c1-2-3-4-8-15-24-22(26)20(18-11-13-19(14-12-18)25(28)29)21(23(24)27)30-16-17-9-6-5-7-10-17/h5-7,9-14H,2-4,8,15-16H2,1H3. The molecule has 0 saturated carbocycles. The second-order valence-electron chi connectivity index (χ2n) is 7.10. The number of rotatable bonds is 10. The molecule has 6 nitrogen and oxygen atoms in total. The number of non-ortho nitro benzene ring substituents is 1. The van der Waals surface area contributed by atoms with Gasteiger partial charge >= 0.3 is 0 Å². The van der Waals surface area contributed by atoms with Crippen molar-refractivity contribution in [1.29, 1.82) is 0 Å². The Labute approximate surface area is 180 Å². The van der Waals surface area contributed by atoms with Crippen molar-refractivity contribution in [2.24, 2.45) is 0 Å². The van der Waals surface area contributed by atoms with Crippen LogP contribution < -0.4 is 0 Å². The average Bonchev–Trinajstić information content (AvgIpc) is 3.00. The van der Waals surface area contributed by atoms with Gasteiger partial charge in [0.15, 0.2) is 0 Å². The predicted octanol–water partition coefficient (Wildman–Crippen LogP) is 5.19. The summed E-state index contributed by atoms with van der Waals surface area (Å²) in [6, 6.07) is 15.6. The van der Waals surface area contributed by atoms with Gasteiger partial charge in [0.25, 0.3) is 17.5 Å². The molecule has 0 saturated heterocycles. The van der Waals surface area contributed by atoms with Crippen LogP contribution in [-0.4, -0.2) is 28.2 Å². The summed E-state index contributed by atoms with van der Waals surface area (Å²) in [5.74, 6) is -0.0262. The van der Waals surface area contributed by atoms with Crippen molar-refractivity contribution >= 4 is 34.8 Å². The number of nitro benzene ring substituents is 1. The summed E-state index contributed by atoms with van der Waals surface area (Å²) >= 11 is 1.34. The fourth-order valence-corrected chi connectivity index (χ4v) is 4.41. The third-order valence-corrected chi connectivity index (χ3v) is 6.10. The molecule has 2 aromatic carbocycles. The van der Waals surface area contributed by atoms with Crippen molar-refractivity contribution in [3.63, 3.8) is 0 Å². The van der Waals surface area contributed by atoms with Gasteiger partial charge in [0.05, 0.1) is 15.4 Å². The molecule has 30 heavy (non-hydrogen) atoms. The number of thioether (sulfide) groups is 1. The summed E-state index contributed by atoms with van der Waals surface area (Å²) < 4.78 is 0. The summed E-state index contributed by atoms with van der Waals surface area (Å²) in [4.78, 5) is 38.4. The number of imide groups is 1. The number of hydrogen-bond donors (Lipinski definition) is 0. The van der Waals surface area contributed by atoms with Crippen LogP contribution in [0.3, 0.4) is 0 Å². The van der Waals surface area contributed by atoms with Crippen molar-refractivity contribution in [2.75, 3.05) is 6.54 Å². The van der Waals surface area contributed by atoms with Gasteiger partial charge in [-0.1, -0.05) is 56.5 Å². The highest BCUT2D eigenvalue weighted by Gasteiger charge is 2.38. The molecule has 0 spiro atoms.